The number of nitrogens with zero attached hydrogens (tertiary/aromatic N) is 1. The summed E-state index contributed by atoms with van der Waals surface area (Å²) in [4.78, 5) is 32.3. The number of aryl methyl sites for hydroxylation is 2. The van der Waals surface area contributed by atoms with Crippen molar-refractivity contribution in [1.82, 2.24) is 15.3 Å². The number of anilines is 1. The summed E-state index contributed by atoms with van der Waals surface area (Å²) in [6, 6.07) is 9.44. The van der Waals surface area contributed by atoms with E-state index in [0.29, 0.717) is 22.4 Å². The number of amides is 1. The molecule has 0 aliphatic heterocycles. The molecule has 0 bridgehead atoms. The van der Waals surface area contributed by atoms with E-state index < -0.39 is 0 Å². The van der Waals surface area contributed by atoms with E-state index in [1.165, 1.54) is 6.21 Å². The number of carbonyl (C=O) groups excluding carboxylic acids is 1. The molecule has 4 N–H and O–H groups in total. The Morgan fingerprint density at radius 2 is 1.87 bits per heavy atom. The fourth-order valence-corrected chi connectivity index (χ4v) is 3.50. The minimum atomic E-state index is -0.347. The maximum atomic E-state index is 13.1. The van der Waals surface area contributed by atoms with Gasteiger partial charge in [0.15, 0.2) is 0 Å². The first kappa shape index (κ1) is 22.0. The molecule has 0 aliphatic carbocycles. The Labute approximate surface area is 181 Å². The third kappa shape index (κ3) is 5.06. The number of aromatic amines is 1. The summed E-state index contributed by atoms with van der Waals surface area (Å²) in [7, 11) is 0. The molecule has 31 heavy (non-hydrogen) atoms. The molecule has 2 heterocycles. The summed E-state index contributed by atoms with van der Waals surface area (Å²) < 4.78 is 0. The third-order valence-electron chi connectivity index (χ3n) is 4.95. The zero-order valence-corrected chi connectivity index (χ0v) is 18.2. The number of pyridine rings is 2. The van der Waals surface area contributed by atoms with Gasteiger partial charge < -0.3 is 21.0 Å². The van der Waals surface area contributed by atoms with Crippen LogP contribution in [0.15, 0.2) is 47.5 Å². The molecule has 3 rings (SSSR count). The Balaban J connectivity index is 2.01. The lowest BCUT2D eigenvalue weighted by Gasteiger charge is -2.18. The summed E-state index contributed by atoms with van der Waals surface area (Å²) in [5.74, 6) is -0.347. The topological polar surface area (TPSA) is 111 Å². The first-order chi connectivity index (χ1) is 14.8. The number of rotatable bonds is 7. The predicted molar refractivity (Wildman–Crippen MR) is 124 cm³/mol. The molecule has 0 unspecified atom stereocenters. The van der Waals surface area contributed by atoms with E-state index in [-0.39, 0.29) is 24.1 Å². The standard InChI is InChI=1S/C24H27N5O2/c1-14(2)28-22-11-18(17-5-7-26-8-6-17)10-19(20(22)12-25)23(30)27-13-21-15(3)9-16(4)29-24(21)31/h5-12,14,25,28H,13H2,1-4H3,(H,27,30)(H,29,31). The van der Waals surface area contributed by atoms with Crippen LogP contribution in [0.4, 0.5) is 5.69 Å². The van der Waals surface area contributed by atoms with Crippen LogP contribution in [0.5, 0.6) is 0 Å². The molecule has 7 nitrogen and oxygen atoms in total. The second kappa shape index (κ2) is 9.38. The molecule has 1 amide bonds. The van der Waals surface area contributed by atoms with Crippen LogP contribution in [0.25, 0.3) is 11.1 Å². The average Bonchev–Trinajstić information content (AvgIpc) is 2.72. The highest BCUT2D eigenvalue weighted by Crippen LogP contribution is 2.29. The van der Waals surface area contributed by atoms with Gasteiger partial charge in [-0.3, -0.25) is 14.6 Å². The SMILES string of the molecule is Cc1cc(C)c(CNC(=O)c2cc(-c3ccncc3)cc(NC(C)C)c2C=N)c(=O)[nH]1. The van der Waals surface area contributed by atoms with Crippen molar-refractivity contribution in [2.75, 3.05) is 5.32 Å². The quantitative estimate of drug-likeness (QED) is 0.438. The average molecular weight is 418 g/mol. The molecule has 0 saturated heterocycles. The minimum Gasteiger partial charge on any atom is -0.382 e. The van der Waals surface area contributed by atoms with Gasteiger partial charge in [-0.1, -0.05) is 0 Å². The monoisotopic (exact) mass is 417 g/mol. The first-order valence-electron chi connectivity index (χ1n) is 10.1. The van der Waals surface area contributed by atoms with Crippen LogP contribution in [0.1, 0.15) is 46.6 Å². The number of carbonyl (C=O) groups is 1. The van der Waals surface area contributed by atoms with E-state index in [2.05, 4.69) is 20.6 Å². The lowest BCUT2D eigenvalue weighted by atomic mass is 9.97. The predicted octanol–water partition coefficient (Wildman–Crippen LogP) is 3.80. The lowest BCUT2D eigenvalue weighted by Crippen LogP contribution is -2.29. The van der Waals surface area contributed by atoms with Crippen molar-refractivity contribution in [2.45, 2.75) is 40.3 Å². The van der Waals surface area contributed by atoms with Gasteiger partial charge in [-0.2, -0.15) is 0 Å². The fraction of sp³-hybridized carbons (Fsp3) is 0.250. The van der Waals surface area contributed by atoms with E-state index in [4.69, 9.17) is 5.41 Å². The minimum absolute atomic E-state index is 0.101. The molecular weight excluding hydrogens is 390 g/mol. The van der Waals surface area contributed by atoms with E-state index >= 15 is 0 Å². The molecule has 0 atom stereocenters. The van der Waals surface area contributed by atoms with Crippen LogP contribution in [0.2, 0.25) is 0 Å². The van der Waals surface area contributed by atoms with Crippen LogP contribution in [-0.2, 0) is 6.54 Å². The van der Waals surface area contributed by atoms with Gasteiger partial charge in [-0.15, -0.1) is 0 Å². The van der Waals surface area contributed by atoms with Crippen molar-refractivity contribution in [3.8, 4) is 11.1 Å². The van der Waals surface area contributed by atoms with Gasteiger partial charge in [0.05, 0.1) is 5.56 Å². The largest absolute Gasteiger partial charge is 0.382 e. The Kier molecular flexibility index (Phi) is 6.65. The molecule has 1 aromatic carbocycles. The smallest absolute Gasteiger partial charge is 0.253 e. The first-order valence-corrected chi connectivity index (χ1v) is 10.1. The number of nitrogens with one attached hydrogen (secondary N) is 4. The molecule has 0 spiro atoms. The molecule has 2 aromatic heterocycles. The van der Waals surface area contributed by atoms with Crippen LogP contribution in [-0.4, -0.2) is 28.1 Å². The van der Waals surface area contributed by atoms with Crippen molar-refractivity contribution in [3.63, 3.8) is 0 Å². The number of aromatic nitrogens is 2. The van der Waals surface area contributed by atoms with Crippen LogP contribution in [0, 0.1) is 19.3 Å². The van der Waals surface area contributed by atoms with Gasteiger partial charge in [0, 0.05) is 53.7 Å². The summed E-state index contributed by atoms with van der Waals surface area (Å²) in [6.45, 7) is 7.77. The van der Waals surface area contributed by atoms with Crippen molar-refractivity contribution in [2.24, 2.45) is 0 Å². The van der Waals surface area contributed by atoms with Crippen LogP contribution >= 0.6 is 0 Å². The Bertz CT molecular complexity index is 1170. The van der Waals surface area contributed by atoms with Gasteiger partial charge in [0.2, 0.25) is 0 Å². The highest BCUT2D eigenvalue weighted by Gasteiger charge is 2.18. The molecule has 0 fully saturated rings. The second-order valence-electron chi connectivity index (χ2n) is 7.79. The molecule has 0 radical (unpaired) electrons. The lowest BCUT2D eigenvalue weighted by molar-refractivity contribution is 0.0950. The van der Waals surface area contributed by atoms with Crippen molar-refractivity contribution >= 4 is 17.8 Å². The zero-order valence-electron chi connectivity index (χ0n) is 18.2. The number of hydrogen-bond acceptors (Lipinski definition) is 5. The summed E-state index contributed by atoms with van der Waals surface area (Å²) in [6.07, 6.45) is 4.57. The van der Waals surface area contributed by atoms with Gasteiger partial charge in [-0.05, 0) is 74.7 Å². The Morgan fingerprint density at radius 3 is 2.48 bits per heavy atom. The molecule has 0 saturated carbocycles. The van der Waals surface area contributed by atoms with Crippen LogP contribution < -0.4 is 16.2 Å². The number of benzene rings is 1. The highest BCUT2D eigenvalue weighted by atomic mass is 16.1. The highest BCUT2D eigenvalue weighted by molar-refractivity contribution is 6.06. The summed E-state index contributed by atoms with van der Waals surface area (Å²) in [5, 5.41) is 14.1. The zero-order chi connectivity index (χ0) is 22.5. The van der Waals surface area contributed by atoms with Gasteiger partial charge in [0.25, 0.3) is 11.5 Å². The molecule has 0 aliphatic rings. The van der Waals surface area contributed by atoms with Crippen molar-refractivity contribution < 1.29 is 4.79 Å². The number of H-pyrrole nitrogens is 1. The molecular formula is C24H27N5O2. The Morgan fingerprint density at radius 1 is 1.16 bits per heavy atom. The van der Waals surface area contributed by atoms with Crippen LogP contribution in [0.3, 0.4) is 0 Å². The van der Waals surface area contributed by atoms with Crippen molar-refractivity contribution in [1.29, 1.82) is 5.41 Å². The second-order valence-corrected chi connectivity index (χ2v) is 7.79. The Hall–Kier alpha value is -3.74. The third-order valence-corrected chi connectivity index (χ3v) is 4.95. The molecule has 7 heteroatoms. The summed E-state index contributed by atoms with van der Waals surface area (Å²) in [5.41, 5.74) is 5.23. The van der Waals surface area contributed by atoms with Gasteiger partial charge in [-0.25, -0.2) is 0 Å². The van der Waals surface area contributed by atoms with E-state index in [1.807, 2.05) is 52.0 Å². The van der Waals surface area contributed by atoms with Crippen molar-refractivity contribution in [3.05, 3.63) is 81.0 Å². The number of hydrogen-bond donors (Lipinski definition) is 4. The van der Waals surface area contributed by atoms with E-state index in [9.17, 15) is 9.59 Å². The molecule has 3 aromatic rings. The van der Waals surface area contributed by atoms with Gasteiger partial charge in [0.1, 0.15) is 0 Å². The van der Waals surface area contributed by atoms with E-state index in [1.54, 1.807) is 18.5 Å². The normalized spacial score (nSPS) is 10.7. The maximum absolute atomic E-state index is 13.1. The molecule has 160 valence electrons. The van der Waals surface area contributed by atoms with E-state index in [0.717, 1.165) is 22.4 Å². The summed E-state index contributed by atoms with van der Waals surface area (Å²) >= 11 is 0. The fourth-order valence-electron chi connectivity index (χ4n) is 3.50. The van der Waals surface area contributed by atoms with Gasteiger partial charge >= 0.3 is 0 Å². The maximum Gasteiger partial charge on any atom is 0.253 e.